The van der Waals surface area contributed by atoms with Gasteiger partial charge >= 0.3 is 0 Å². The van der Waals surface area contributed by atoms with Gasteiger partial charge in [0.2, 0.25) is 0 Å². The highest BCUT2D eigenvalue weighted by atomic mass is 32.1. The Labute approximate surface area is 365 Å². The molecule has 0 spiro atoms. The van der Waals surface area contributed by atoms with Crippen LogP contribution in [0.2, 0.25) is 0 Å². The highest BCUT2D eigenvalue weighted by molar-refractivity contribution is 7.12. The van der Waals surface area contributed by atoms with Crippen LogP contribution in [0.4, 0.5) is 0 Å². The fraction of sp³-hybridized carbons (Fsp3) is 0.500. The Bertz CT molecular complexity index is 2640. The molecule has 0 bridgehead atoms. The molecule has 0 amide bonds. The van der Waals surface area contributed by atoms with E-state index in [1.54, 1.807) is 11.3 Å². The summed E-state index contributed by atoms with van der Waals surface area (Å²) >= 11 is 4.89. The molecular weight excluding hydrogens is 777 g/mol. The van der Waals surface area contributed by atoms with Gasteiger partial charge in [0.15, 0.2) is 0 Å². The standard InChI is InChI=1S/C52H66N4S3/c1-7-9-11-13-15-17-19-21-23-25-27-39-30-40(28-26-24-22-20-18-16-14-12-10-8-2)32-41(31-39)33-42-43-29-35(3)57-51(43)52-44(42)34-45(58-52)46-49-47(53-37(5)38(6)54-49)36(4)48-50(46)56-59-55-48/h29-34H,3-4,7-28H2,1-2,5-6H3/b42-33-,46-45+. The predicted molar refractivity (Wildman–Crippen MR) is 259 cm³/mol. The fourth-order valence-electron chi connectivity index (χ4n) is 8.95. The molecule has 4 aromatic heterocycles. The summed E-state index contributed by atoms with van der Waals surface area (Å²) in [6.07, 6.45) is 32.2. The van der Waals surface area contributed by atoms with Gasteiger partial charge in [-0.1, -0.05) is 161 Å². The molecule has 59 heavy (non-hydrogen) atoms. The topological polar surface area (TPSA) is 51.6 Å². The number of aromatic nitrogens is 4. The van der Waals surface area contributed by atoms with Gasteiger partial charge in [0.05, 0.1) is 37.7 Å². The van der Waals surface area contributed by atoms with Crippen LogP contribution in [0.1, 0.15) is 181 Å². The number of hydrogen-bond donors (Lipinski definition) is 0. The maximum absolute atomic E-state index is 5.12. The van der Waals surface area contributed by atoms with E-state index in [9.17, 15) is 0 Å². The molecule has 0 atom stereocenters. The number of benzene rings is 2. The lowest BCUT2D eigenvalue weighted by Gasteiger charge is -2.10. The highest BCUT2D eigenvalue weighted by Gasteiger charge is 2.22. The third-order valence-electron chi connectivity index (χ3n) is 12.4. The third kappa shape index (κ3) is 10.7. The Hall–Kier alpha value is -3.52. The molecule has 7 heteroatoms. The van der Waals surface area contributed by atoms with E-state index in [1.807, 2.05) is 25.2 Å². The van der Waals surface area contributed by atoms with E-state index in [-0.39, 0.29) is 0 Å². The molecule has 1 aliphatic rings. The molecule has 0 saturated heterocycles. The number of aryl methyl sites for hydroxylation is 4. The molecular formula is C52H66N4S3. The maximum Gasteiger partial charge on any atom is 0.116 e. The second-order valence-electron chi connectivity index (χ2n) is 17.2. The Balaban J connectivity index is 1.18. The smallest absolute Gasteiger partial charge is 0.116 e. The lowest BCUT2D eigenvalue weighted by molar-refractivity contribution is 0.555. The van der Waals surface area contributed by atoms with Crippen LogP contribution < -0.4 is 9.75 Å². The molecule has 7 rings (SSSR count). The molecule has 2 aromatic carbocycles. The zero-order valence-electron chi connectivity index (χ0n) is 36.4. The van der Waals surface area contributed by atoms with Crippen molar-refractivity contribution in [3.8, 4) is 0 Å². The van der Waals surface area contributed by atoms with E-state index in [0.29, 0.717) is 0 Å². The Morgan fingerprint density at radius 2 is 1.02 bits per heavy atom. The zero-order valence-corrected chi connectivity index (χ0v) is 38.9. The van der Waals surface area contributed by atoms with E-state index in [1.165, 1.54) is 183 Å². The molecule has 1 aliphatic carbocycles. The predicted octanol–water partition coefficient (Wildman–Crippen LogP) is 14.6. The summed E-state index contributed by atoms with van der Waals surface area (Å²) in [6.45, 7) is 17.5. The van der Waals surface area contributed by atoms with Crippen molar-refractivity contribution < 1.29 is 0 Å². The van der Waals surface area contributed by atoms with E-state index in [0.717, 1.165) is 65.8 Å². The summed E-state index contributed by atoms with van der Waals surface area (Å²) in [7, 11) is 0. The molecule has 0 N–H and O–H groups in total. The number of rotatable bonds is 23. The molecule has 0 unspecified atom stereocenters. The molecule has 0 aliphatic heterocycles. The first-order chi connectivity index (χ1) is 28.9. The van der Waals surface area contributed by atoms with Gasteiger partial charge in [0, 0.05) is 30.6 Å². The number of thiophene rings is 2. The summed E-state index contributed by atoms with van der Waals surface area (Å²) in [4.78, 5) is 10.1. The minimum atomic E-state index is 0.807. The number of hydrogen-bond acceptors (Lipinski definition) is 7. The van der Waals surface area contributed by atoms with Crippen molar-refractivity contribution in [2.75, 3.05) is 0 Å². The van der Waals surface area contributed by atoms with Crippen LogP contribution in [0.25, 0.3) is 46.9 Å². The summed E-state index contributed by atoms with van der Waals surface area (Å²) in [5, 5.41) is 1.83. The quantitative estimate of drug-likeness (QED) is 0.0602. The number of fused-ring (bicyclic) bond motifs is 4. The van der Waals surface area contributed by atoms with Crippen LogP contribution in [0.15, 0.2) is 30.3 Å². The van der Waals surface area contributed by atoms with Gasteiger partial charge in [0.1, 0.15) is 16.6 Å². The molecule has 4 nitrogen and oxygen atoms in total. The van der Waals surface area contributed by atoms with Crippen LogP contribution >= 0.6 is 34.4 Å². The highest BCUT2D eigenvalue weighted by Crippen LogP contribution is 2.39. The third-order valence-corrected chi connectivity index (χ3v) is 15.2. The van der Waals surface area contributed by atoms with Crippen molar-refractivity contribution in [1.29, 1.82) is 0 Å². The van der Waals surface area contributed by atoms with Crippen LogP contribution in [0.3, 0.4) is 0 Å². The maximum atomic E-state index is 5.12. The first-order valence-corrected chi connectivity index (χ1v) is 25.4. The monoisotopic (exact) mass is 842 g/mol. The molecule has 0 radical (unpaired) electrons. The summed E-state index contributed by atoms with van der Waals surface area (Å²) in [6, 6.07) is 12.2. The van der Waals surface area contributed by atoms with Crippen molar-refractivity contribution in [3.63, 3.8) is 0 Å². The Morgan fingerprint density at radius 1 is 0.525 bits per heavy atom. The zero-order chi connectivity index (χ0) is 41.1. The van der Waals surface area contributed by atoms with Crippen molar-refractivity contribution in [3.05, 3.63) is 98.1 Å². The molecule has 4 heterocycles. The van der Waals surface area contributed by atoms with E-state index < -0.39 is 0 Å². The minimum Gasteiger partial charge on any atom is -0.249 e. The van der Waals surface area contributed by atoms with Crippen LogP contribution in [-0.2, 0) is 12.8 Å². The van der Waals surface area contributed by atoms with Crippen molar-refractivity contribution in [2.45, 2.75) is 169 Å². The minimum absolute atomic E-state index is 0.807. The molecule has 312 valence electrons. The van der Waals surface area contributed by atoms with Gasteiger partial charge in [-0.15, -0.1) is 22.7 Å². The molecule has 0 fully saturated rings. The second kappa shape index (κ2) is 21.3. The van der Waals surface area contributed by atoms with Gasteiger partial charge in [-0.05, 0) is 80.0 Å². The van der Waals surface area contributed by atoms with E-state index in [2.05, 4.69) is 67.8 Å². The second-order valence-corrected chi connectivity index (χ2v) is 19.9. The molecule has 0 saturated carbocycles. The summed E-state index contributed by atoms with van der Waals surface area (Å²) in [5.41, 5.74) is 13.5. The van der Waals surface area contributed by atoms with Gasteiger partial charge < -0.3 is 0 Å². The van der Waals surface area contributed by atoms with Gasteiger partial charge in [-0.3, -0.25) is 0 Å². The summed E-state index contributed by atoms with van der Waals surface area (Å²) in [5.74, 6) is 0. The number of nitrogens with zero attached hydrogens (tertiary/aromatic N) is 4. The summed E-state index contributed by atoms with van der Waals surface area (Å²) < 4.78 is 14.4. The Morgan fingerprint density at radius 3 is 1.59 bits per heavy atom. The lowest BCUT2D eigenvalue weighted by Crippen LogP contribution is -2.08. The van der Waals surface area contributed by atoms with Crippen molar-refractivity contribution in [2.24, 2.45) is 0 Å². The number of unbranched alkanes of at least 4 members (excludes halogenated alkanes) is 18. The van der Waals surface area contributed by atoms with Crippen molar-refractivity contribution >= 4 is 81.3 Å². The first-order valence-electron chi connectivity index (χ1n) is 23.1. The Kier molecular flexibility index (Phi) is 15.7. The van der Waals surface area contributed by atoms with Gasteiger partial charge in [-0.25, -0.2) is 9.97 Å². The molecule has 6 aromatic rings. The average Bonchev–Trinajstić information content (AvgIpc) is 4.02. The fourth-order valence-corrected chi connectivity index (χ4v) is 11.9. The van der Waals surface area contributed by atoms with Crippen LogP contribution in [0.5, 0.6) is 0 Å². The van der Waals surface area contributed by atoms with E-state index >= 15 is 0 Å². The average molecular weight is 843 g/mol. The van der Waals surface area contributed by atoms with Gasteiger partial charge in [0.25, 0.3) is 0 Å². The SMILES string of the molecule is C=c1cc2c(s1)=c1s/c(=c3/c4nsnc4c(=C)c4nc(C)c(C)nc34)cc1/C2=C\c1cc(CCCCCCCCCCCC)cc(CCCCCCCCCCCC)c1. The van der Waals surface area contributed by atoms with Crippen LogP contribution in [0, 0.1) is 32.7 Å². The van der Waals surface area contributed by atoms with Crippen LogP contribution in [-0.4, -0.2) is 18.7 Å². The lowest BCUT2D eigenvalue weighted by atomic mass is 9.95. The first kappa shape index (κ1) is 43.6. The van der Waals surface area contributed by atoms with Gasteiger partial charge in [-0.2, -0.15) is 8.75 Å². The largest absolute Gasteiger partial charge is 0.249 e. The van der Waals surface area contributed by atoms with Crippen molar-refractivity contribution in [1.82, 2.24) is 18.7 Å². The normalized spacial score (nSPS) is 13.7. The van der Waals surface area contributed by atoms with E-state index in [4.69, 9.17) is 14.3 Å².